The first kappa shape index (κ1) is 11.3. The average Bonchev–Trinajstić information content (AvgIpc) is 2.77. The summed E-state index contributed by atoms with van der Waals surface area (Å²) in [5.74, 6) is -0.187. The average molecular weight is 246 g/mol. The van der Waals surface area contributed by atoms with Gasteiger partial charge in [0, 0.05) is 17.1 Å². The lowest BCUT2D eigenvalue weighted by Gasteiger charge is -2.36. The number of rotatable bonds is 3. The van der Waals surface area contributed by atoms with Gasteiger partial charge in [0.15, 0.2) is 0 Å². The highest BCUT2D eigenvalue weighted by Crippen LogP contribution is 2.18. The van der Waals surface area contributed by atoms with Gasteiger partial charge in [-0.05, 0) is 6.07 Å². The van der Waals surface area contributed by atoms with Crippen LogP contribution in [0.3, 0.4) is 0 Å². The zero-order valence-corrected chi connectivity index (χ0v) is 9.77. The van der Waals surface area contributed by atoms with Gasteiger partial charge in [0.25, 0.3) is 5.91 Å². The highest BCUT2D eigenvalue weighted by Gasteiger charge is 2.36. The quantitative estimate of drug-likeness (QED) is 0.744. The molecule has 3 N–H and O–H groups in total. The van der Waals surface area contributed by atoms with E-state index in [0.717, 1.165) is 10.9 Å². The fourth-order valence-electron chi connectivity index (χ4n) is 2.04. The summed E-state index contributed by atoms with van der Waals surface area (Å²) in [5, 5.41) is 13.4. The summed E-state index contributed by atoms with van der Waals surface area (Å²) in [4.78, 5) is 15.1. The molecule has 0 radical (unpaired) electrons. The summed E-state index contributed by atoms with van der Waals surface area (Å²) in [6, 6.07) is 7.61. The molecular weight excluding hydrogens is 232 g/mol. The minimum Gasteiger partial charge on any atom is -0.383 e. The van der Waals surface area contributed by atoms with Crippen LogP contribution in [0.5, 0.6) is 0 Å². The van der Waals surface area contributed by atoms with Crippen LogP contribution in [0.25, 0.3) is 10.9 Å². The molecule has 1 aromatic carbocycles. The number of fused-ring (bicyclic) bond motifs is 1. The molecule has 1 fully saturated rings. The number of H-pyrrole nitrogens is 1. The number of aromatic nitrogens is 1. The number of aromatic amines is 1. The smallest absolute Gasteiger partial charge is 0.253 e. The Morgan fingerprint density at radius 1 is 1.44 bits per heavy atom. The predicted molar refractivity (Wildman–Crippen MR) is 66.4 cm³/mol. The molecule has 18 heavy (non-hydrogen) atoms. The number of benzene rings is 1. The lowest BCUT2D eigenvalue weighted by atomic mass is 10.0. The standard InChI is InChI=1S/C13H14N2O3/c16-12(15-6-13(17)7-18-8-13)10-5-14-11-4-2-1-3-9(10)11/h1-5,14,17H,6-8H2,(H,15,16). The Morgan fingerprint density at radius 2 is 2.22 bits per heavy atom. The van der Waals surface area contributed by atoms with E-state index in [0.29, 0.717) is 5.56 Å². The van der Waals surface area contributed by atoms with Crippen LogP contribution < -0.4 is 5.32 Å². The van der Waals surface area contributed by atoms with E-state index in [1.807, 2.05) is 24.3 Å². The van der Waals surface area contributed by atoms with Crippen molar-refractivity contribution >= 4 is 16.8 Å². The maximum Gasteiger partial charge on any atom is 0.253 e. The predicted octanol–water partition coefficient (Wildman–Crippen LogP) is 0.659. The summed E-state index contributed by atoms with van der Waals surface area (Å²) in [5.41, 5.74) is 0.615. The topological polar surface area (TPSA) is 74.3 Å². The molecule has 2 aromatic rings. The highest BCUT2D eigenvalue weighted by atomic mass is 16.5. The normalized spacial score (nSPS) is 17.4. The molecule has 5 heteroatoms. The summed E-state index contributed by atoms with van der Waals surface area (Å²) < 4.78 is 4.92. The summed E-state index contributed by atoms with van der Waals surface area (Å²) >= 11 is 0. The Kier molecular flexibility index (Phi) is 2.57. The molecule has 1 aromatic heterocycles. The fraction of sp³-hybridized carbons (Fsp3) is 0.308. The lowest BCUT2D eigenvalue weighted by Crippen LogP contribution is -2.56. The molecule has 94 valence electrons. The van der Waals surface area contributed by atoms with Crippen LogP contribution >= 0.6 is 0 Å². The molecule has 1 aliphatic heterocycles. The number of aliphatic hydroxyl groups is 1. The van der Waals surface area contributed by atoms with E-state index in [2.05, 4.69) is 10.3 Å². The van der Waals surface area contributed by atoms with Crippen molar-refractivity contribution in [2.75, 3.05) is 19.8 Å². The molecule has 3 rings (SSSR count). The third-order valence-electron chi connectivity index (χ3n) is 3.15. The number of hydrogen-bond donors (Lipinski definition) is 3. The summed E-state index contributed by atoms with van der Waals surface area (Å²) in [6.45, 7) is 0.771. The number of carbonyl (C=O) groups excluding carboxylic acids is 1. The Balaban J connectivity index is 1.75. The van der Waals surface area contributed by atoms with Crippen molar-refractivity contribution in [2.24, 2.45) is 0 Å². The third kappa shape index (κ3) is 1.87. The fourth-order valence-corrected chi connectivity index (χ4v) is 2.04. The van der Waals surface area contributed by atoms with Crippen molar-refractivity contribution in [3.05, 3.63) is 36.0 Å². The molecule has 0 atom stereocenters. The van der Waals surface area contributed by atoms with E-state index in [-0.39, 0.29) is 25.7 Å². The van der Waals surface area contributed by atoms with Crippen molar-refractivity contribution in [2.45, 2.75) is 5.60 Å². The van der Waals surface area contributed by atoms with Crippen molar-refractivity contribution < 1.29 is 14.6 Å². The number of amides is 1. The minimum absolute atomic E-state index is 0.187. The first-order valence-electron chi connectivity index (χ1n) is 5.82. The van der Waals surface area contributed by atoms with Crippen LogP contribution in [0.4, 0.5) is 0 Å². The Bertz CT molecular complexity index is 587. The van der Waals surface area contributed by atoms with Crippen molar-refractivity contribution in [3.63, 3.8) is 0 Å². The van der Waals surface area contributed by atoms with Crippen LogP contribution in [-0.2, 0) is 4.74 Å². The van der Waals surface area contributed by atoms with Gasteiger partial charge in [-0.25, -0.2) is 0 Å². The SMILES string of the molecule is O=C(NCC1(O)COC1)c1c[nH]c2ccccc12. The molecule has 0 unspecified atom stereocenters. The van der Waals surface area contributed by atoms with Gasteiger partial charge in [0.2, 0.25) is 0 Å². The van der Waals surface area contributed by atoms with Gasteiger partial charge in [0.05, 0.1) is 25.3 Å². The third-order valence-corrected chi connectivity index (χ3v) is 3.15. The molecule has 0 spiro atoms. The van der Waals surface area contributed by atoms with Crippen LogP contribution in [-0.4, -0.2) is 41.4 Å². The number of nitrogens with one attached hydrogen (secondary N) is 2. The number of hydrogen-bond acceptors (Lipinski definition) is 3. The van der Waals surface area contributed by atoms with Gasteiger partial charge in [-0.3, -0.25) is 4.79 Å². The second-order valence-electron chi connectivity index (χ2n) is 4.65. The molecule has 0 bridgehead atoms. The lowest BCUT2D eigenvalue weighted by molar-refractivity contribution is -0.173. The molecular formula is C13H14N2O3. The van der Waals surface area contributed by atoms with Gasteiger partial charge in [-0.15, -0.1) is 0 Å². The monoisotopic (exact) mass is 246 g/mol. The van der Waals surface area contributed by atoms with Crippen LogP contribution in [0.15, 0.2) is 30.5 Å². The van der Waals surface area contributed by atoms with Gasteiger partial charge >= 0.3 is 0 Å². The van der Waals surface area contributed by atoms with Crippen molar-refractivity contribution in [1.29, 1.82) is 0 Å². The van der Waals surface area contributed by atoms with E-state index < -0.39 is 5.60 Å². The Labute approximate surface area is 104 Å². The molecule has 0 saturated carbocycles. The molecule has 2 heterocycles. The second kappa shape index (κ2) is 4.12. The second-order valence-corrected chi connectivity index (χ2v) is 4.65. The van der Waals surface area contributed by atoms with Crippen molar-refractivity contribution in [3.8, 4) is 0 Å². The van der Waals surface area contributed by atoms with E-state index >= 15 is 0 Å². The maximum absolute atomic E-state index is 12.0. The molecule has 1 aliphatic rings. The zero-order valence-electron chi connectivity index (χ0n) is 9.77. The van der Waals surface area contributed by atoms with Gasteiger partial charge in [0.1, 0.15) is 5.60 Å². The Hall–Kier alpha value is -1.85. The van der Waals surface area contributed by atoms with Crippen LogP contribution in [0.1, 0.15) is 10.4 Å². The first-order chi connectivity index (χ1) is 8.68. The molecule has 0 aliphatic carbocycles. The zero-order chi connectivity index (χ0) is 12.6. The summed E-state index contributed by atoms with van der Waals surface area (Å²) in [6.07, 6.45) is 1.68. The molecule has 5 nitrogen and oxygen atoms in total. The first-order valence-corrected chi connectivity index (χ1v) is 5.82. The van der Waals surface area contributed by atoms with Gasteiger partial charge in [-0.2, -0.15) is 0 Å². The van der Waals surface area contributed by atoms with Crippen LogP contribution in [0, 0.1) is 0 Å². The number of carbonyl (C=O) groups is 1. The maximum atomic E-state index is 12.0. The highest BCUT2D eigenvalue weighted by molar-refractivity contribution is 6.06. The molecule has 1 saturated heterocycles. The van der Waals surface area contributed by atoms with E-state index in [9.17, 15) is 9.90 Å². The van der Waals surface area contributed by atoms with Crippen molar-refractivity contribution in [1.82, 2.24) is 10.3 Å². The largest absolute Gasteiger partial charge is 0.383 e. The van der Waals surface area contributed by atoms with E-state index in [1.165, 1.54) is 0 Å². The minimum atomic E-state index is -0.901. The summed E-state index contributed by atoms with van der Waals surface area (Å²) in [7, 11) is 0. The number of para-hydroxylation sites is 1. The number of ether oxygens (including phenoxy) is 1. The Morgan fingerprint density at radius 3 is 2.94 bits per heavy atom. The van der Waals surface area contributed by atoms with E-state index in [4.69, 9.17) is 4.74 Å². The van der Waals surface area contributed by atoms with E-state index in [1.54, 1.807) is 6.20 Å². The van der Waals surface area contributed by atoms with Gasteiger partial charge < -0.3 is 20.1 Å². The van der Waals surface area contributed by atoms with Crippen LogP contribution in [0.2, 0.25) is 0 Å². The molecule has 1 amide bonds. The van der Waals surface area contributed by atoms with Gasteiger partial charge in [-0.1, -0.05) is 18.2 Å².